The van der Waals surface area contributed by atoms with Crippen molar-refractivity contribution in [3.8, 4) is 0 Å². The topological polar surface area (TPSA) is 307 Å². The van der Waals surface area contributed by atoms with Gasteiger partial charge in [-0.15, -0.1) is 0 Å². The van der Waals surface area contributed by atoms with Gasteiger partial charge in [0.2, 0.25) is 5.91 Å². The number of hydrogen-bond acceptors (Lipinski definition) is 18. The van der Waals surface area contributed by atoms with E-state index in [4.69, 9.17) is 28.4 Å². The number of aliphatic hydroxyl groups excluding tert-OH is 11. The Balaban J connectivity index is 1.42. The fourth-order valence-electron chi connectivity index (χ4n) is 9.70. The van der Waals surface area contributed by atoms with Gasteiger partial charge in [0.05, 0.1) is 38.6 Å². The molecule has 3 fully saturated rings. The van der Waals surface area contributed by atoms with Gasteiger partial charge in [0.1, 0.15) is 73.2 Å². The van der Waals surface area contributed by atoms with Crippen LogP contribution in [0.2, 0.25) is 0 Å². The molecule has 0 aromatic heterocycles. The summed E-state index contributed by atoms with van der Waals surface area (Å²) in [6.07, 6.45) is 27.4. The van der Waals surface area contributed by atoms with Crippen LogP contribution in [0.4, 0.5) is 0 Å². The van der Waals surface area contributed by atoms with Crippen molar-refractivity contribution in [2.45, 2.75) is 272 Å². The summed E-state index contributed by atoms with van der Waals surface area (Å²) in [5, 5.41) is 120. The lowest BCUT2D eigenvalue weighted by Crippen LogP contribution is -2.66. The van der Waals surface area contributed by atoms with Gasteiger partial charge in [-0.1, -0.05) is 170 Å². The minimum absolute atomic E-state index is 0.226. The predicted octanol–water partition coefficient (Wildman–Crippen LogP) is 5.59. The summed E-state index contributed by atoms with van der Waals surface area (Å²) < 4.78 is 34.1. The third-order valence-corrected chi connectivity index (χ3v) is 14.7. The van der Waals surface area contributed by atoms with Crippen LogP contribution in [0.15, 0.2) is 85.1 Å². The largest absolute Gasteiger partial charge is 0.394 e. The van der Waals surface area contributed by atoms with Crippen LogP contribution in [-0.2, 0) is 33.2 Å². The van der Waals surface area contributed by atoms with Crippen LogP contribution in [-0.4, -0.2) is 193 Å². The van der Waals surface area contributed by atoms with Gasteiger partial charge < -0.3 is 89.9 Å². The standard InChI is InChI=1S/C62H105NO18/c1-3-5-7-9-11-13-14-15-16-17-18-19-20-21-22-23-24-25-26-27-28-29-30-32-34-36-38-40-50(68)63-45(46(67)39-37-35-33-31-12-10-8-6-4-2)44-76-60-56(74)53(71)58(48(42-65)78-60)81-62-57(75)54(72)59(49(43-66)79-62)80-61-55(73)52(70)51(69)47(41-64)77-61/h5,7,11-13,15-16,18-19,21-22,31,37,39,45-49,51-62,64-67,69-75H,3-4,6,8-10,14,17,20,23-30,32-36,38,40-44H2,1-2H3,(H,63,68)/b7-5-,13-11-,16-15-,19-18-,22-21-,31-12+,39-37+. The maximum Gasteiger partial charge on any atom is 0.220 e. The third-order valence-electron chi connectivity index (χ3n) is 14.7. The Kier molecular flexibility index (Phi) is 39.6. The van der Waals surface area contributed by atoms with Crippen LogP contribution < -0.4 is 5.32 Å². The fourth-order valence-corrected chi connectivity index (χ4v) is 9.70. The molecule has 0 aliphatic carbocycles. The number of allylic oxidation sites excluding steroid dienone is 13. The zero-order valence-corrected chi connectivity index (χ0v) is 48.5. The van der Waals surface area contributed by atoms with Gasteiger partial charge in [-0.25, -0.2) is 0 Å². The monoisotopic (exact) mass is 1150 g/mol. The van der Waals surface area contributed by atoms with Gasteiger partial charge in [-0.2, -0.15) is 0 Å². The molecule has 19 nitrogen and oxygen atoms in total. The van der Waals surface area contributed by atoms with E-state index in [2.05, 4.69) is 92.1 Å². The molecule has 3 heterocycles. The highest BCUT2D eigenvalue weighted by Crippen LogP contribution is 2.33. The van der Waals surface area contributed by atoms with E-state index in [1.165, 1.54) is 44.9 Å². The molecule has 12 N–H and O–H groups in total. The van der Waals surface area contributed by atoms with Crippen LogP contribution >= 0.6 is 0 Å². The number of ether oxygens (including phenoxy) is 6. The number of rotatable bonds is 43. The second kappa shape index (κ2) is 44.4. The van der Waals surface area contributed by atoms with Gasteiger partial charge in [-0.05, 0) is 77.0 Å². The van der Waals surface area contributed by atoms with Crippen LogP contribution in [0.1, 0.15) is 168 Å². The number of hydrogen-bond donors (Lipinski definition) is 12. The van der Waals surface area contributed by atoms with E-state index in [-0.39, 0.29) is 18.9 Å². The molecule has 3 aliphatic rings. The minimum Gasteiger partial charge on any atom is -0.394 e. The molecule has 0 spiro atoms. The molecule has 3 saturated heterocycles. The molecule has 3 aliphatic heterocycles. The van der Waals surface area contributed by atoms with Crippen molar-refractivity contribution in [3.63, 3.8) is 0 Å². The molecule has 466 valence electrons. The van der Waals surface area contributed by atoms with Crippen molar-refractivity contribution in [1.29, 1.82) is 0 Å². The van der Waals surface area contributed by atoms with Crippen LogP contribution in [0, 0.1) is 0 Å². The predicted molar refractivity (Wildman–Crippen MR) is 309 cm³/mol. The molecule has 0 bridgehead atoms. The van der Waals surface area contributed by atoms with Crippen molar-refractivity contribution in [2.24, 2.45) is 0 Å². The molecule has 19 heteroatoms. The fraction of sp³-hybridized carbons (Fsp3) is 0.758. The first-order valence-electron chi connectivity index (χ1n) is 30.3. The molecule has 0 radical (unpaired) electrons. The first kappa shape index (κ1) is 72.2. The minimum atomic E-state index is -1.98. The smallest absolute Gasteiger partial charge is 0.220 e. The van der Waals surface area contributed by atoms with Gasteiger partial charge in [0.25, 0.3) is 0 Å². The molecule has 3 rings (SSSR count). The number of nitrogens with one attached hydrogen (secondary N) is 1. The third kappa shape index (κ3) is 28.1. The van der Waals surface area contributed by atoms with Crippen molar-refractivity contribution < 1.29 is 89.4 Å². The molecular weight excluding hydrogens is 1050 g/mol. The molecule has 0 saturated carbocycles. The van der Waals surface area contributed by atoms with Gasteiger partial charge in [-0.3, -0.25) is 4.79 Å². The molecule has 0 aromatic carbocycles. The van der Waals surface area contributed by atoms with Crippen molar-refractivity contribution in [2.75, 3.05) is 26.4 Å². The summed E-state index contributed by atoms with van der Waals surface area (Å²) in [6, 6.07) is -0.994. The number of unbranched alkanes of at least 4 members (excludes halogenated alkanes) is 15. The highest BCUT2D eigenvalue weighted by atomic mass is 16.8. The van der Waals surface area contributed by atoms with Crippen LogP contribution in [0.5, 0.6) is 0 Å². The normalized spacial score (nSPS) is 30.4. The van der Waals surface area contributed by atoms with E-state index < -0.39 is 124 Å². The summed E-state index contributed by atoms with van der Waals surface area (Å²) in [5.41, 5.74) is 0. The Morgan fingerprint density at radius 3 is 1.38 bits per heavy atom. The lowest BCUT2D eigenvalue weighted by Gasteiger charge is -2.48. The summed E-state index contributed by atoms with van der Waals surface area (Å²) in [4.78, 5) is 13.3. The highest BCUT2D eigenvalue weighted by Gasteiger charge is 2.53. The van der Waals surface area contributed by atoms with Gasteiger partial charge in [0, 0.05) is 6.42 Å². The van der Waals surface area contributed by atoms with Crippen LogP contribution in [0.25, 0.3) is 0 Å². The second-order valence-corrected chi connectivity index (χ2v) is 21.4. The first-order chi connectivity index (χ1) is 39.3. The number of carbonyl (C=O) groups is 1. The van der Waals surface area contributed by atoms with E-state index >= 15 is 0 Å². The SMILES string of the molecule is CC/C=C\C/C=C\C/C=C\C/C=C\C/C=C\CCCCCCCCCCCCCC(=O)NC(COC1OC(CO)C(OC2OC(CO)C(OC3OC(CO)C(O)C(O)C3O)C(O)C2O)C(O)C1O)C(O)/C=C/CC/C=C/CCCCC. The summed E-state index contributed by atoms with van der Waals surface area (Å²) in [6.45, 7) is 1.50. The average molecular weight is 1150 g/mol. The van der Waals surface area contributed by atoms with Crippen molar-refractivity contribution >= 4 is 5.91 Å². The maximum atomic E-state index is 13.3. The molecular formula is C62H105NO18. The van der Waals surface area contributed by atoms with Crippen molar-refractivity contribution in [1.82, 2.24) is 5.32 Å². The summed E-state index contributed by atoms with van der Waals surface area (Å²) in [7, 11) is 0. The summed E-state index contributed by atoms with van der Waals surface area (Å²) >= 11 is 0. The Morgan fingerprint density at radius 2 is 0.864 bits per heavy atom. The zero-order valence-electron chi connectivity index (χ0n) is 48.5. The average Bonchev–Trinajstić information content (AvgIpc) is 3.47. The number of amides is 1. The quantitative estimate of drug-likeness (QED) is 0.0261. The molecule has 81 heavy (non-hydrogen) atoms. The second-order valence-electron chi connectivity index (χ2n) is 21.4. The number of carbonyl (C=O) groups excluding carboxylic acids is 1. The first-order valence-corrected chi connectivity index (χ1v) is 30.3. The number of aliphatic hydroxyl groups is 11. The van der Waals surface area contributed by atoms with E-state index in [0.717, 1.165) is 89.9 Å². The van der Waals surface area contributed by atoms with Gasteiger partial charge >= 0.3 is 0 Å². The van der Waals surface area contributed by atoms with E-state index in [9.17, 15) is 61.0 Å². The van der Waals surface area contributed by atoms with Gasteiger partial charge in [0.15, 0.2) is 18.9 Å². The Bertz CT molecular complexity index is 1810. The Hall–Kier alpha value is -3.03. The maximum absolute atomic E-state index is 13.3. The highest BCUT2D eigenvalue weighted by molar-refractivity contribution is 5.76. The van der Waals surface area contributed by atoms with E-state index in [1.54, 1.807) is 6.08 Å². The van der Waals surface area contributed by atoms with E-state index in [1.807, 2.05) is 6.08 Å². The lowest BCUT2D eigenvalue weighted by molar-refractivity contribution is -0.379. The zero-order chi connectivity index (χ0) is 59.0. The van der Waals surface area contributed by atoms with Crippen molar-refractivity contribution in [3.05, 3.63) is 85.1 Å². The molecule has 17 atom stereocenters. The summed E-state index contributed by atoms with van der Waals surface area (Å²) in [5.74, 6) is -0.297. The van der Waals surface area contributed by atoms with Crippen LogP contribution in [0.3, 0.4) is 0 Å². The Morgan fingerprint density at radius 1 is 0.457 bits per heavy atom. The molecule has 0 aromatic rings. The molecule has 17 unspecified atom stereocenters. The Labute approximate surface area is 482 Å². The van der Waals surface area contributed by atoms with E-state index in [0.29, 0.717) is 12.8 Å². The molecule has 1 amide bonds. The lowest BCUT2D eigenvalue weighted by atomic mass is 9.96.